The molecule has 3 N–H and O–H groups in total. The van der Waals surface area contributed by atoms with Crippen LogP contribution in [0.3, 0.4) is 0 Å². The maximum absolute atomic E-state index is 13.1. The van der Waals surface area contributed by atoms with Gasteiger partial charge in [-0.15, -0.1) is 0 Å². The van der Waals surface area contributed by atoms with E-state index in [1.807, 2.05) is 0 Å². The van der Waals surface area contributed by atoms with Gasteiger partial charge in [-0.25, -0.2) is 14.2 Å². The molecule has 1 fully saturated rings. The van der Waals surface area contributed by atoms with Crippen LogP contribution in [0, 0.1) is 5.82 Å². The maximum Gasteiger partial charge on any atom is 0.404 e. The Morgan fingerprint density at radius 1 is 1.40 bits per heavy atom. The predicted molar refractivity (Wildman–Crippen MR) is 75.8 cm³/mol. The van der Waals surface area contributed by atoms with Crippen LogP contribution in [-0.4, -0.2) is 28.3 Å². The molecule has 5 nitrogen and oxygen atoms in total. The second-order valence-electron chi connectivity index (χ2n) is 4.87. The average Bonchev–Trinajstić information content (AvgIpc) is 2.95. The molecule has 1 heterocycles. The lowest BCUT2D eigenvalue weighted by Gasteiger charge is -2.20. The Labute approximate surface area is 118 Å². The highest BCUT2D eigenvalue weighted by Gasteiger charge is 2.29. The standard InChI is InChI=1S/C13H14FN3O2S/c14-7-4-5-10-11(6-7)20-12(16-10)15-8-2-1-3-9(8)17-13(18)19/h4-6,8-9,17H,1-3H2,(H,15,16)(H,18,19)/t8-,9-/m0/s1. The number of anilines is 1. The van der Waals surface area contributed by atoms with Crippen molar-refractivity contribution in [2.45, 2.75) is 31.3 Å². The van der Waals surface area contributed by atoms with E-state index in [-0.39, 0.29) is 17.9 Å². The summed E-state index contributed by atoms with van der Waals surface area (Å²) in [4.78, 5) is 15.1. The molecule has 0 saturated heterocycles. The van der Waals surface area contributed by atoms with Crippen molar-refractivity contribution in [2.75, 3.05) is 5.32 Å². The molecule has 0 spiro atoms. The first-order valence-electron chi connectivity index (χ1n) is 6.44. The van der Waals surface area contributed by atoms with E-state index in [1.54, 1.807) is 6.07 Å². The summed E-state index contributed by atoms with van der Waals surface area (Å²) in [6, 6.07) is 4.43. The van der Waals surface area contributed by atoms with Gasteiger partial charge in [-0.3, -0.25) is 0 Å². The van der Waals surface area contributed by atoms with Gasteiger partial charge in [-0.05, 0) is 37.5 Å². The van der Waals surface area contributed by atoms with Crippen molar-refractivity contribution in [1.29, 1.82) is 0 Å². The Morgan fingerprint density at radius 2 is 2.20 bits per heavy atom. The van der Waals surface area contributed by atoms with E-state index in [0.717, 1.165) is 29.5 Å². The average molecular weight is 295 g/mol. The maximum atomic E-state index is 13.1. The summed E-state index contributed by atoms with van der Waals surface area (Å²) < 4.78 is 13.9. The molecule has 3 rings (SSSR count). The van der Waals surface area contributed by atoms with E-state index in [9.17, 15) is 9.18 Å². The number of hydrogen-bond acceptors (Lipinski definition) is 4. The van der Waals surface area contributed by atoms with Crippen LogP contribution >= 0.6 is 11.3 Å². The first kappa shape index (κ1) is 13.1. The molecule has 1 aromatic carbocycles. The number of halogens is 1. The summed E-state index contributed by atoms with van der Waals surface area (Å²) in [6.07, 6.45) is 1.69. The number of aromatic nitrogens is 1. The van der Waals surface area contributed by atoms with Gasteiger partial charge >= 0.3 is 6.09 Å². The van der Waals surface area contributed by atoms with Crippen LogP contribution in [0.1, 0.15) is 19.3 Å². The molecule has 106 valence electrons. The largest absolute Gasteiger partial charge is 0.465 e. The van der Waals surface area contributed by atoms with E-state index in [4.69, 9.17) is 5.11 Å². The van der Waals surface area contributed by atoms with Crippen molar-refractivity contribution < 1.29 is 14.3 Å². The van der Waals surface area contributed by atoms with Crippen LogP contribution in [0.25, 0.3) is 10.2 Å². The van der Waals surface area contributed by atoms with Gasteiger partial charge in [0.15, 0.2) is 5.13 Å². The van der Waals surface area contributed by atoms with Gasteiger partial charge in [-0.1, -0.05) is 11.3 Å². The monoisotopic (exact) mass is 295 g/mol. The lowest BCUT2D eigenvalue weighted by atomic mass is 10.2. The van der Waals surface area contributed by atoms with Crippen LogP contribution < -0.4 is 10.6 Å². The number of carboxylic acid groups (broad SMARTS) is 1. The predicted octanol–water partition coefficient (Wildman–Crippen LogP) is 3.04. The van der Waals surface area contributed by atoms with Crippen molar-refractivity contribution in [2.24, 2.45) is 0 Å². The smallest absolute Gasteiger partial charge is 0.404 e. The fourth-order valence-electron chi connectivity index (χ4n) is 2.58. The zero-order chi connectivity index (χ0) is 14.1. The fourth-order valence-corrected chi connectivity index (χ4v) is 3.54. The second kappa shape index (κ2) is 5.24. The third-order valence-electron chi connectivity index (χ3n) is 3.48. The lowest BCUT2D eigenvalue weighted by molar-refractivity contribution is 0.189. The van der Waals surface area contributed by atoms with Crippen LogP contribution in [0.2, 0.25) is 0 Å². The minimum absolute atomic E-state index is 0.0384. The Balaban J connectivity index is 1.76. The number of rotatable bonds is 3. The molecule has 0 bridgehead atoms. The summed E-state index contributed by atoms with van der Waals surface area (Å²) in [5.74, 6) is -0.279. The summed E-state index contributed by atoms with van der Waals surface area (Å²) >= 11 is 1.38. The highest BCUT2D eigenvalue weighted by molar-refractivity contribution is 7.22. The quantitative estimate of drug-likeness (QED) is 0.813. The highest BCUT2D eigenvalue weighted by Crippen LogP contribution is 2.29. The van der Waals surface area contributed by atoms with E-state index < -0.39 is 6.09 Å². The van der Waals surface area contributed by atoms with Gasteiger partial charge < -0.3 is 15.7 Å². The number of hydrogen-bond donors (Lipinski definition) is 3. The van der Waals surface area contributed by atoms with Crippen LogP contribution in [0.4, 0.5) is 14.3 Å². The third kappa shape index (κ3) is 2.67. The van der Waals surface area contributed by atoms with Gasteiger partial charge in [0.2, 0.25) is 0 Å². The summed E-state index contributed by atoms with van der Waals surface area (Å²) in [6.45, 7) is 0. The lowest BCUT2D eigenvalue weighted by Crippen LogP contribution is -2.42. The van der Waals surface area contributed by atoms with E-state index >= 15 is 0 Å². The van der Waals surface area contributed by atoms with Crippen molar-refractivity contribution in [3.63, 3.8) is 0 Å². The molecule has 1 saturated carbocycles. The second-order valence-corrected chi connectivity index (χ2v) is 5.90. The number of benzene rings is 1. The topological polar surface area (TPSA) is 74.2 Å². The zero-order valence-corrected chi connectivity index (χ0v) is 11.4. The highest BCUT2D eigenvalue weighted by atomic mass is 32.1. The first-order chi connectivity index (χ1) is 9.61. The number of nitrogens with one attached hydrogen (secondary N) is 2. The Bertz CT molecular complexity index is 646. The molecular formula is C13H14FN3O2S. The molecule has 2 atom stereocenters. The molecule has 1 amide bonds. The Hall–Kier alpha value is -1.89. The molecule has 0 aliphatic heterocycles. The zero-order valence-electron chi connectivity index (χ0n) is 10.6. The van der Waals surface area contributed by atoms with Gasteiger partial charge in [0, 0.05) is 6.04 Å². The normalized spacial score (nSPS) is 22.1. The molecule has 20 heavy (non-hydrogen) atoms. The van der Waals surface area contributed by atoms with Crippen LogP contribution in [0.5, 0.6) is 0 Å². The molecule has 1 aromatic heterocycles. The van der Waals surface area contributed by atoms with Gasteiger partial charge in [0.1, 0.15) is 5.82 Å². The molecule has 7 heteroatoms. The van der Waals surface area contributed by atoms with E-state index in [2.05, 4.69) is 15.6 Å². The van der Waals surface area contributed by atoms with Crippen LogP contribution in [-0.2, 0) is 0 Å². The Morgan fingerprint density at radius 3 is 3.00 bits per heavy atom. The van der Waals surface area contributed by atoms with Gasteiger partial charge in [0.25, 0.3) is 0 Å². The Kier molecular flexibility index (Phi) is 3.43. The minimum atomic E-state index is -1.00. The molecule has 2 aromatic rings. The molecule has 1 aliphatic carbocycles. The summed E-state index contributed by atoms with van der Waals surface area (Å²) in [7, 11) is 0. The molecule has 0 radical (unpaired) electrons. The summed E-state index contributed by atoms with van der Waals surface area (Å²) in [5, 5.41) is 15.3. The summed E-state index contributed by atoms with van der Waals surface area (Å²) in [5.41, 5.74) is 0.750. The fraction of sp³-hybridized carbons (Fsp3) is 0.385. The number of fused-ring (bicyclic) bond motifs is 1. The minimum Gasteiger partial charge on any atom is -0.465 e. The van der Waals surface area contributed by atoms with Crippen molar-refractivity contribution in [3.8, 4) is 0 Å². The van der Waals surface area contributed by atoms with Crippen molar-refractivity contribution in [1.82, 2.24) is 10.3 Å². The van der Waals surface area contributed by atoms with Gasteiger partial charge in [-0.2, -0.15) is 0 Å². The number of nitrogens with zero attached hydrogens (tertiary/aromatic N) is 1. The van der Waals surface area contributed by atoms with Crippen molar-refractivity contribution in [3.05, 3.63) is 24.0 Å². The van der Waals surface area contributed by atoms with Crippen molar-refractivity contribution >= 4 is 32.8 Å². The van der Waals surface area contributed by atoms with E-state index in [0.29, 0.717) is 5.13 Å². The van der Waals surface area contributed by atoms with Gasteiger partial charge in [0.05, 0.1) is 16.3 Å². The molecular weight excluding hydrogens is 281 g/mol. The SMILES string of the molecule is O=C(O)N[C@H]1CCC[C@@H]1Nc1nc2ccc(F)cc2s1. The number of carbonyl (C=O) groups is 1. The third-order valence-corrected chi connectivity index (χ3v) is 4.43. The molecule has 0 unspecified atom stereocenters. The number of amides is 1. The first-order valence-corrected chi connectivity index (χ1v) is 7.25. The molecule has 1 aliphatic rings. The van der Waals surface area contributed by atoms with E-state index in [1.165, 1.54) is 23.5 Å². The van der Waals surface area contributed by atoms with Crippen LogP contribution in [0.15, 0.2) is 18.2 Å². The number of thiazole rings is 1.